The van der Waals surface area contributed by atoms with Crippen molar-refractivity contribution in [1.82, 2.24) is 31.7 Å². The number of hydrazine groups is 1. The summed E-state index contributed by atoms with van der Waals surface area (Å²) in [6.45, 7) is 8.02. The lowest BCUT2D eigenvalue weighted by Gasteiger charge is -2.42. The third kappa shape index (κ3) is 7.49. The van der Waals surface area contributed by atoms with Gasteiger partial charge in [0.2, 0.25) is 40.9 Å². The molecule has 0 saturated carbocycles. The molecule has 0 aromatic carbocycles. The first-order chi connectivity index (χ1) is 17.4. The van der Waals surface area contributed by atoms with Gasteiger partial charge < -0.3 is 21.3 Å². The van der Waals surface area contributed by atoms with Gasteiger partial charge in [-0.3, -0.25) is 39.0 Å². The molecule has 1 saturated heterocycles. The molecule has 2 unspecified atom stereocenters. The second kappa shape index (κ2) is 14.3. The average Bonchev–Trinajstić information content (AvgIpc) is 2.97. The van der Waals surface area contributed by atoms with Crippen molar-refractivity contribution in [3.8, 4) is 0 Å². The number of carbonyl (C=O) groups excluding carboxylic acids is 7. The van der Waals surface area contributed by atoms with Crippen molar-refractivity contribution in [2.45, 2.75) is 110 Å². The quantitative estimate of drug-likeness (QED) is 0.115. The molecule has 13 nitrogen and oxygen atoms in total. The van der Waals surface area contributed by atoms with Crippen LogP contribution >= 0.6 is 0 Å². The van der Waals surface area contributed by atoms with Crippen molar-refractivity contribution in [2.24, 2.45) is 0 Å². The normalized spacial score (nSPS) is 20.8. The van der Waals surface area contributed by atoms with Crippen molar-refractivity contribution in [1.29, 1.82) is 0 Å². The Hall–Kier alpha value is -3.51. The zero-order chi connectivity index (χ0) is 28.2. The fourth-order valence-corrected chi connectivity index (χ4v) is 3.87. The van der Waals surface area contributed by atoms with E-state index in [1.54, 1.807) is 6.92 Å². The Morgan fingerprint density at radius 3 is 1.46 bits per heavy atom. The van der Waals surface area contributed by atoms with Gasteiger partial charge in [-0.05, 0) is 19.3 Å². The summed E-state index contributed by atoms with van der Waals surface area (Å²) in [5.74, 6) is -6.18. The van der Waals surface area contributed by atoms with Gasteiger partial charge >= 0.3 is 0 Å². The van der Waals surface area contributed by atoms with Gasteiger partial charge in [0.05, 0.1) is 0 Å². The highest BCUT2D eigenvalue weighted by atomic mass is 16.2. The summed E-state index contributed by atoms with van der Waals surface area (Å²) >= 11 is 0. The second-order valence-corrected chi connectivity index (χ2v) is 8.97. The van der Waals surface area contributed by atoms with E-state index >= 15 is 0 Å². The Morgan fingerprint density at radius 2 is 1.05 bits per heavy atom. The van der Waals surface area contributed by atoms with Crippen LogP contribution in [0.25, 0.3) is 0 Å². The highest BCUT2D eigenvalue weighted by Crippen LogP contribution is 2.31. The van der Waals surface area contributed by atoms with Crippen molar-refractivity contribution in [3.05, 3.63) is 0 Å². The molecule has 1 heterocycles. The number of nitrogens with one attached hydrogen (secondary N) is 5. The standard InChI is InChI=1S/C24H40N6O7/c1-6-10-12-15-20(35)28-24(27-19(34)14-11-7-2)22(37)30(29-16(5)31)21(36)23(24,25-17(32)9-4)26-18(33)13-8-3/h6-15H2,1-5H3,(H,25,32)(H,26,33)(H,27,34)(H,28,35)(H,29,31). The molecule has 13 heteroatoms. The van der Waals surface area contributed by atoms with Crippen LogP contribution in [-0.2, 0) is 33.6 Å². The fraction of sp³-hybridized carbons (Fsp3) is 0.708. The molecule has 0 aromatic rings. The number of hydrogen-bond donors (Lipinski definition) is 5. The Balaban J connectivity index is 3.86. The van der Waals surface area contributed by atoms with E-state index in [2.05, 4.69) is 26.7 Å². The predicted molar refractivity (Wildman–Crippen MR) is 133 cm³/mol. The third-order valence-electron chi connectivity index (χ3n) is 5.75. The highest BCUT2D eigenvalue weighted by molar-refractivity contribution is 6.19. The molecule has 0 radical (unpaired) electrons. The number of unbranched alkanes of at least 4 members (excludes halogenated alkanes) is 3. The first-order valence-electron chi connectivity index (χ1n) is 12.8. The fourth-order valence-electron chi connectivity index (χ4n) is 3.87. The lowest BCUT2D eigenvalue weighted by molar-refractivity contribution is -0.151. The summed E-state index contributed by atoms with van der Waals surface area (Å²) in [5, 5.41) is 9.96. The van der Waals surface area contributed by atoms with Crippen LogP contribution in [0.2, 0.25) is 0 Å². The summed E-state index contributed by atoms with van der Waals surface area (Å²) in [6.07, 6.45) is 3.04. The van der Waals surface area contributed by atoms with Gasteiger partial charge in [-0.25, -0.2) is 0 Å². The maximum Gasteiger partial charge on any atom is 0.300 e. The van der Waals surface area contributed by atoms with Crippen molar-refractivity contribution in [3.63, 3.8) is 0 Å². The number of amides is 7. The summed E-state index contributed by atoms with van der Waals surface area (Å²) < 4.78 is 0. The van der Waals surface area contributed by atoms with Gasteiger partial charge in [-0.2, -0.15) is 5.01 Å². The van der Waals surface area contributed by atoms with Crippen LogP contribution in [0, 0.1) is 0 Å². The molecule has 1 aliphatic rings. The molecule has 1 aliphatic heterocycles. The average molecular weight is 525 g/mol. The summed E-state index contributed by atoms with van der Waals surface area (Å²) in [5.41, 5.74) is -3.21. The zero-order valence-electron chi connectivity index (χ0n) is 22.4. The predicted octanol–water partition coefficient (Wildman–Crippen LogP) is 0.244. The molecule has 0 spiro atoms. The molecular formula is C24H40N6O7. The monoisotopic (exact) mass is 524 g/mol. The first kappa shape index (κ1) is 31.5. The van der Waals surface area contributed by atoms with E-state index in [4.69, 9.17) is 0 Å². The lowest BCUT2D eigenvalue weighted by Crippen LogP contribution is -2.84. The van der Waals surface area contributed by atoms with Crippen molar-refractivity contribution < 1.29 is 33.6 Å². The smallest absolute Gasteiger partial charge is 0.300 e. The van der Waals surface area contributed by atoms with Crippen LogP contribution in [0.1, 0.15) is 98.8 Å². The minimum absolute atomic E-state index is 0.0528. The number of imide groups is 1. The van der Waals surface area contributed by atoms with E-state index in [0.717, 1.165) is 13.3 Å². The Kier molecular flexibility index (Phi) is 12.2. The van der Waals surface area contributed by atoms with Crippen molar-refractivity contribution >= 4 is 41.4 Å². The van der Waals surface area contributed by atoms with Crippen LogP contribution in [0.3, 0.4) is 0 Å². The molecular weight excluding hydrogens is 484 g/mol. The number of carbonyl (C=O) groups is 7. The zero-order valence-corrected chi connectivity index (χ0v) is 22.4. The molecule has 5 N–H and O–H groups in total. The summed E-state index contributed by atoms with van der Waals surface area (Å²) in [4.78, 5) is 91.0. The van der Waals surface area contributed by atoms with Gasteiger partial charge in [-0.15, -0.1) is 0 Å². The maximum atomic E-state index is 13.8. The molecule has 1 fully saturated rings. The molecule has 1 rings (SSSR count). The Labute approximate surface area is 217 Å². The first-order valence-corrected chi connectivity index (χ1v) is 12.8. The minimum atomic E-state index is -2.64. The summed E-state index contributed by atoms with van der Waals surface area (Å²) in [6, 6.07) is 0. The van der Waals surface area contributed by atoms with E-state index in [0.29, 0.717) is 37.1 Å². The topological polar surface area (TPSA) is 183 Å². The van der Waals surface area contributed by atoms with Gasteiger partial charge in [0.1, 0.15) is 0 Å². The van der Waals surface area contributed by atoms with E-state index in [1.807, 2.05) is 13.8 Å². The van der Waals surface area contributed by atoms with Crippen LogP contribution in [-0.4, -0.2) is 57.7 Å². The van der Waals surface area contributed by atoms with Crippen LogP contribution in [0.4, 0.5) is 0 Å². The lowest BCUT2D eigenvalue weighted by atomic mass is 9.92. The van der Waals surface area contributed by atoms with Crippen molar-refractivity contribution in [2.75, 3.05) is 0 Å². The minimum Gasteiger partial charge on any atom is -0.321 e. The SMILES string of the molecule is CCCCCC(=O)NC1(NC(=O)CCCC)C(=O)N(NC(C)=O)C(=O)C1(NC(=O)CC)NC(=O)CCC. The van der Waals surface area contributed by atoms with Gasteiger partial charge in [-0.1, -0.05) is 47.0 Å². The third-order valence-corrected chi connectivity index (χ3v) is 5.75. The van der Waals surface area contributed by atoms with Crippen LogP contribution in [0.15, 0.2) is 0 Å². The molecule has 208 valence electrons. The van der Waals surface area contributed by atoms with E-state index in [1.165, 1.54) is 6.92 Å². The Bertz CT molecular complexity index is 908. The van der Waals surface area contributed by atoms with E-state index < -0.39 is 52.7 Å². The second-order valence-electron chi connectivity index (χ2n) is 8.97. The van der Waals surface area contributed by atoms with Gasteiger partial charge in [0, 0.05) is 32.6 Å². The number of rotatable bonds is 15. The molecule has 0 aliphatic carbocycles. The van der Waals surface area contributed by atoms with Crippen LogP contribution in [0.5, 0.6) is 0 Å². The Morgan fingerprint density at radius 1 is 0.622 bits per heavy atom. The molecule has 0 bridgehead atoms. The van der Waals surface area contributed by atoms with Crippen LogP contribution < -0.4 is 26.7 Å². The molecule has 37 heavy (non-hydrogen) atoms. The number of hydrogen-bond acceptors (Lipinski definition) is 7. The summed E-state index contributed by atoms with van der Waals surface area (Å²) in [7, 11) is 0. The molecule has 2 atom stereocenters. The number of nitrogens with zero attached hydrogens (tertiary/aromatic N) is 1. The van der Waals surface area contributed by atoms with E-state index in [-0.39, 0.29) is 25.7 Å². The molecule has 0 aromatic heterocycles. The largest absolute Gasteiger partial charge is 0.321 e. The van der Waals surface area contributed by atoms with Gasteiger partial charge in [0.25, 0.3) is 11.8 Å². The molecule has 7 amide bonds. The van der Waals surface area contributed by atoms with Gasteiger partial charge in [0.15, 0.2) is 0 Å². The maximum absolute atomic E-state index is 13.8. The van der Waals surface area contributed by atoms with E-state index in [9.17, 15) is 33.6 Å². The highest BCUT2D eigenvalue weighted by Gasteiger charge is 2.74.